The third-order valence-electron chi connectivity index (χ3n) is 6.23. The van der Waals surface area contributed by atoms with Gasteiger partial charge in [0.2, 0.25) is 5.88 Å². The van der Waals surface area contributed by atoms with Gasteiger partial charge in [-0.05, 0) is 49.4 Å². The van der Waals surface area contributed by atoms with Crippen LogP contribution in [0.2, 0.25) is 0 Å². The first-order chi connectivity index (χ1) is 16.1. The van der Waals surface area contributed by atoms with Crippen LogP contribution in [-0.2, 0) is 0 Å². The fraction of sp³-hybridized carbons (Fsp3) is 0.296. The number of benzene rings is 2. The molecular weight excluding hydrogens is 412 g/mol. The van der Waals surface area contributed by atoms with Crippen molar-refractivity contribution in [2.45, 2.75) is 38.1 Å². The number of nitrogens with zero attached hydrogens (tertiary/aromatic N) is 3. The number of carbonyl (C=O) groups is 1. The summed E-state index contributed by atoms with van der Waals surface area (Å²) in [6.07, 6.45) is 8.32. The minimum absolute atomic E-state index is 0.0621. The van der Waals surface area contributed by atoms with E-state index in [1.807, 2.05) is 36.1 Å². The maximum Gasteiger partial charge on any atom is 0.317 e. The van der Waals surface area contributed by atoms with E-state index >= 15 is 0 Å². The molecule has 1 saturated heterocycles. The van der Waals surface area contributed by atoms with Crippen LogP contribution in [0, 0.1) is 6.92 Å². The zero-order valence-electron chi connectivity index (χ0n) is 18.8. The Morgan fingerprint density at radius 3 is 2.64 bits per heavy atom. The quantitative estimate of drug-likeness (QED) is 0.583. The molecule has 0 bridgehead atoms. The first-order valence-corrected chi connectivity index (χ1v) is 11.5. The van der Waals surface area contributed by atoms with Gasteiger partial charge in [-0.2, -0.15) is 0 Å². The van der Waals surface area contributed by atoms with Crippen LogP contribution in [0.5, 0.6) is 11.6 Å². The third-order valence-corrected chi connectivity index (χ3v) is 6.23. The minimum atomic E-state index is 0.0621. The molecule has 2 fully saturated rings. The molecule has 2 atom stereocenters. The van der Waals surface area contributed by atoms with Gasteiger partial charge in [0.15, 0.2) is 0 Å². The van der Waals surface area contributed by atoms with E-state index in [4.69, 9.17) is 4.74 Å². The number of rotatable bonds is 5. The normalized spacial score (nSPS) is 19.7. The molecule has 0 radical (unpaired) electrons. The summed E-state index contributed by atoms with van der Waals surface area (Å²) in [7, 11) is 0. The number of hydrogen-bond acceptors (Lipinski definition) is 4. The minimum Gasteiger partial charge on any atom is -0.437 e. The Hall–Kier alpha value is -3.67. The molecule has 2 aliphatic rings. The number of aryl methyl sites for hydroxylation is 1. The molecule has 1 aromatic heterocycles. The average molecular weight is 441 g/mol. The molecule has 1 aliphatic carbocycles. The molecule has 2 heterocycles. The van der Waals surface area contributed by atoms with E-state index < -0.39 is 0 Å². The molecule has 1 aliphatic heterocycles. The highest BCUT2D eigenvalue weighted by Gasteiger charge is 2.40. The second-order valence-electron chi connectivity index (χ2n) is 8.77. The lowest BCUT2D eigenvalue weighted by atomic mass is 10.0. The van der Waals surface area contributed by atoms with Crippen molar-refractivity contribution in [3.05, 3.63) is 89.4 Å². The van der Waals surface area contributed by atoms with Gasteiger partial charge < -0.3 is 15.0 Å². The molecule has 6 heteroatoms. The van der Waals surface area contributed by atoms with E-state index in [2.05, 4.69) is 51.7 Å². The van der Waals surface area contributed by atoms with Crippen LogP contribution in [0.1, 0.15) is 42.0 Å². The van der Waals surface area contributed by atoms with Crippen molar-refractivity contribution < 1.29 is 9.53 Å². The number of amides is 2. The average Bonchev–Trinajstić information content (AvgIpc) is 3.61. The van der Waals surface area contributed by atoms with E-state index in [-0.39, 0.29) is 12.1 Å². The summed E-state index contributed by atoms with van der Waals surface area (Å²) < 4.78 is 5.83. The maximum atomic E-state index is 12.7. The Bertz CT molecular complexity index is 1130. The summed E-state index contributed by atoms with van der Waals surface area (Å²) in [6, 6.07) is 18.7. The Morgan fingerprint density at radius 2 is 1.88 bits per heavy atom. The predicted molar refractivity (Wildman–Crippen MR) is 128 cm³/mol. The van der Waals surface area contributed by atoms with Crippen molar-refractivity contribution in [2.24, 2.45) is 0 Å². The highest BCUT2D eigenvalue weighted by molar-refractivity contribution is 5.75. The molecule has 168 valence electrons. The van der Waals surface area contributed by atoms with Crippen molar-refractivity contribution >= 4 is 12.1 Å². The number of urea groups is 1. The molecule has 3 aromatic rings. The van der Waals surface area contributed by atoms with Crippen LogP contribution >= 0.6 is 0 Å². The second kappa shape index (κ2) is 9.45. The van der Waals surface area contributed by atoms with Crippen LogP contribution in [-0.4, -0.2) is 40.0 Å². The molecule has 1 N–H and O–H groups in total. The number of likely N-dealkylation sites (tertiary alicyclic amines) is 1. The van der Waals surface area contributed by atoms with E-state index in [1.54, 1.807) is 12.4 Å². The van der Waals surface area contributed by atoms with Gasteiger partial charge >= 0.3 is 6.03 Å². The summed E-state index contributed by atoms with van der Waals surface area (Å²) in [6.45, 7) is 3.39. The summed E-state index contributed by atoms with van der Waals surface area (Å²) >= 11 is 0. The maximum absolute atomic E-state index is 12.7. The molecule has 2 unspecified atom stereocenters. The van der Waals surface area contributed by atoms with E-state index in [1.165, 1.54) is 11.1 Å². The molecule has 5 rings (SSSR count). The lowest BCUT2D eigenvalue weighted by molar-refractivity contribution is 0.193. The van der Waals surface area contributed by atoms with Crippen molar-refractivity contribution in [2.75, 3.05) is 13.1 Å². The van der Waals surface area contributed by atoms with Crippen molar-refractivity contribution in [3.63, 3.8) is 0 Å². The highest BCUT2D eigenvalue weighted by Crippen LogP contribution is 2.40. The van der Waals surface area contributed by atoms with Crippen LogP contribution in [0.15, 0.2) is 72.6 Å². The SMILES string of the molecule is Cc1cnc(Oc2cccc(C=C3CCN(C(=O)NC4CC4c4ccccc4)CC3)c2)cn1. The molecule has 33 heavy (non-hydrogen) atoms. The highest BCUT2D eigenvalue weighted by atomic mass is 16.5. The first-order valence-electron chi connectivity index (χ1n) is 11.5. The van der Waals surface area contributed by atoms with E-state index in [0.29, 0.717) is 11.8 Å². The zero-order chi connectivity index (χ0) is 22.6. The molecular formula is C27H28N4O2. The largest absolute Gasteiger partial charge is 0.437 e. The van der Waals surface area contributed by atoms with Gasteiger partial charge in [0, 0.05) is 25.0 Å². The van der Waals surface area contributed by atoms with Crippen molar-refractivity contribution in [1.29, 1.82) is 0 Å². The van der Waals surface area contributed by atoms with Crippen molar-refractivity contribution in [1.82, 2.24) is 20.2 Å². The van der Waals surface area contributed by atoms with Crippen LogP contribution in [0.4, 0.5) is 4.79 Å². The first kappa shape index (κ1) is 21.2. The number of carbonyl (C=O) groups excluding carboxylic acids is 1. The monoisotopic (exact) mass is 440 g/mol. The van der Waals surface area contributed by atoms with Gasteiger partial charge in [0.25, 0.3) is 0 Å². The second-order valence-corrected chi connectivity index (χ2v) is 8.77. The van der Waals surface area contributed by atoms with Crippen molar-refractivity contribution in [3.8, 4) is 11.6 Å². The lowest BCUT2D eigenvalue weighted by Crippen LogP contribution is -2.44. The zero-order valence-corrected chi connectivity index (χ0v) is 18.8. The fourth-order valence-electron chi connectivity index (χ4n) is 4.27. The Morgan fingerprint density at radius 1 is 1.06 bits per heavy atom. The number of hydrogen-bond donors (Lipinski definition) is 1. The molecule has 2 aromatic carbocycles. The lowest BCUT2D eigenvalue weighted by Gasteiger charge is -2.28. The topological polar surface area (TPSA) is 67.3 Å². The van der Waals surface area contributed by atoms with Gasteiger partial charge in [0.1, 0.15) is 5.75 Å². The summed E-state index contributed by atoms with van der Waals surface area (Å²) in [4.78, 5) is 23.1. The van der Waals surface area contributed by atoms with Gasteiger partial charge in [0.05, 0.1) is 18.1 Å². The molecule has 6 nitrogen and oxygen atoms in total. The Balaban J connectivity index is 1.13. The fourth-order valence-corrected chi connectivity index (χ4v) is 4.27. The molecule has 0 spiro atoms. The summed E-state index contributed by atoms with van der Waals surface area (Å²) in [5, 5.41) is 3.21. The summed E-state index contributed by atoms with van der Waals surface area (Å²) in [5.41, 5.74) is 4.60. The third kappa shape index (κ3) is 5.40. The van der Waals surface area contributed by atoms with Gasteiger partial charge in [-0.25, -0.2) is 9.78 Å². The van der Waals surface area contributed by atoms with Gasteiger partial charge in [-0.1, -0.05) is 54.1 Å². The number of ether oxygens (including phenoxy) is 1. The van der Waals surface area contributed by atoms with Gasteiger partial charge in [-0.15, -0.1) is 0 Å². The van der Waals surface area contributed by atoms with E-state index in [0.717, 1.165) is 49.4 Å². The Labute approximate surface area is 194 Å². The number of piperidine rings is 1. The Kier molecular flexibility index (Phi) is 6.07. The number of aromatic nitrogens is 2. The standard InChI is InChI=1S/C27H28N4O2/c1-19-17-29-26(18-28-19)33-23-9-5-6-21(15-23)14-20-10-12-31(13-11-20)27(32)30-25-16-24(25)22-7-3-2-4-8-22/h2-9,14-15,17-18,24-25H,10-13,16H2,1H3,(H,30,32). The van der Waals surface area contributed by atoms with Crippen LogP contribution in [0.25, 0.3) is 6.08 Å². The number of nitrogens with one attached hydrogen (secondary N) is 1. The predicted octanol–water partition coefficient (Wildman–Crippen LogP) is 5.32. The van der Waals surface area contributed by atoms with Crippen LogP contribution < -0.4 is 10.1 Å². The van der Waals surface area contributed by atoms with Gasteiger partial charge in [-0.3, -0.25) is 4.98 Å². The van der Waals surface area contributed by atoms with Crippen LogP contribution in [0.3, 0.4) is 0 Å². The smallest absolute Gasteiger partial charge is 0.317 e. The van der Waals surface area contributed by atoms with E-state index in [9.17, 15) is 4.79 Å². The summed E-state index contributed by atoms with van der Waals surface area (Å²) in [5.74, 6) is 1.67. The molecule has 2 amide bonds. The molecule has 1 saturated carbocycles.